The van der Waals surface area contributed by atoms with Crippen LogP contribution in [0.25, 0.3) is 17.1 Å². The van der Waals surface area contributed by atoms with Crippen molar-refractivity contribution in [3.63, 3.8) is 0 Å². The SMILES string of the molecule is O=C(/C=C/c1cnc2ccccc2n1)Nc1ccc2c(c1)OC1(CCCC1)O2. The number of hydrogen-bond donors (Lipinski definition) is 1. The van der Waals surface area contributed by atoms with E-state index in [-0.39, 0.29) is 5.91 Å². The van der Waals surface area contributed by atoms with Gasteiger partial charge in [0, 0.05) is 30.7 Å². The molecule has 5 rings (SSSR count). The monoisotopic (exact) mass is 373 g/mol. The van der Waals surface area contributed by atoms with Crippen molar-refractivity contribution >= 4 is 28.7 Å². The lowest BCUT2D eigenvalue weighted by Crippen LogP contribution is -2.34. The van der Waals surface area contributed by atoms with E-state index in [0.29, 0.717) is 17.1 Å². The lowest BCUT2D eigenvalue weighted by atomic mass is 10.2. The molecule has 0 saturated heterocycles. The van der Waals surface area contributed by atoms with Gasteiger partial charge in [-0.25, -0.2) is 4.98 Å². The van der Waals surface area contributed by atoms with Gasteiger partial charge in [0.2, 0.25) is 5.91 Å². The predicted molar refractivity (Wildman–Crippen MR) is 106 cm³/mol. The van der Waals surface area contributed by atoms with Gasteiger partial charge in [-0.05, 0) is 43.2 Å². The number of nitrogens with zero attached hydrogens (tertiary/aromatic N) is 2. The van der Waals surface area contributed by atoms with Crippen LogP contribution in [-0.4, -0.2) is 21.7 Å². The first-order valence-corrected chi connectivity index (χ1v) is 9.42. The van der Waals surface area contributed by atoms with Gasteiger partial charge in [-0.15, -0.1) is 0 Å². The molecule has 6 heteroatoms. The van der Waals surface area contributed by atoms with Gasteiger partial charge in [0.15, 0.2) is 11.5 Å². The first kappa shape index (κ1) is 16.7. The number of ether oxygens (including phenoxy) is 2. The summed E-state index contributed by atoms with van der Waals surface area (Å²) < 4.78 is 12.0. The molecular formula is C22H19N3O3. The number of nitrogens with one attached hydrogen (secondary N) is 1. The summed E-state index contributed by atoms with van der Waals surface area (Å²) in [5.74, 6) is 0.676. The lowest BCUT2D eigenvalue weighted by molar-refractivity contribution is -0.111. The molecule has 0 atom stereocenters. The van der Waals surface area contributed by atoms with Crippen molar-refractivity contribution in [2.75, 3.05) is 5.32 Å². The van der Waals surface area contributed by atoms with E-state index in [0.717, 1.165) is 42.5 Å². The zero-order valence-electron chi connectivity index (χ0n) is 15.2. The molecule has 1 fully saturated rings. The minimum Gasteiger partial charge on any atom is -0.448 e. The number of carbonyl (C=O) groups excluding carboxylic acids is 1. The summed E-state index contributed by atoms with van der Waals surface area (Å²) in [6.07, 6.45) is 8.77. The van der Waals surface area contributed by atoms with Crippen molar-refractivity contribution in [2.45, 2.75) is 31.5 Å². The van der Waals surface area contributed by atoms with E-state index >= 15 is 0 Å². The van der Waals surface area contributed by atoms with E-state index < -0.39 is 5.79 Å². The molecule has 1 amide bonds. The minimum atomic E-state index is -0.500. The van der Waals surface area contributed by atoms with Crippen LogP contribution in [0.4, 0.5) is 5.69 Å². The Labute approximate surface area is 162 Å². The van der Waals surface area contributed by atoms with E-state index in [9.17, 15) is 4.79 Å². The standard InChI is InChI=1S/C22H19N3O3/c26-21(10-8-16-14-23-17-5-1-2-6-18(17)24-16)25-15-7-9-19-20(13-15)28-22(27-19)11-3-4-12-22/h1-2,5-10,13-14H,3-4,11-12H2,(H,25,26)/b10-8+. The molecule has 1 aliphatic heterocycles. The topological polar surface area (TPSA) is 73.3 Å². The highest BCUT2D eigenvalue weighted by Crippen LogP contribution is 2.47. The van der Waals surface area contributed by atoms with Crippen LogP contribution in [0.2, 0.25) is 0 Å². The predicted octanol–water partition coefficient (Wildman–Crippen LogP) is 4.32. The number of hydrogen-bond acceptors (Lipinski definition) is 5. The zero-order chi connectivity index (χ0) is 19.0. The van der Waals surface area contributed by atoms with Gasteiger partial charge in [0.25, 0.3) is 5.79 Å². The van der Waals surface area contributed by atoms with Crippen molar-refractivity contribution in [1.29, 1.82) is 0 Å². The highest BCUT2D eigenvalue weighted by molar-refractivity contribution is 6.02. The quantitative estimate of drug-likeness (QED) is 0.692. The Balaban J connectivity index is 1.27. The molecule has 1 N–H and O–H groups in total. The van der Waals surface area contributed by atoms with Crippen LogP contribution >= 0.6 is 0 Å². The molecule has 1 aromatic heterocycles. The third-order valence-corrected chi connectivity index (χ3v) is 5.04. The lowest BCUT2D eigenvalue weighted by Gasteiger charge is -2.21. The Morgan fingerprint density at radius 1 is 1.04 bits per heavy atom. The maximum atomic E-state index is 12.3. The summed E-state index contributed by atoms with van der Waals surface area (Å²) in [7, 11) is 0. The Hall–Kier alpha value is -3.41. The van der Waals surface area contributed by atoms with E-state index in [2.05, 4.69) is 15.3 Å². The van der Waals surface area contributed by atoms with Crippen LogP contribution in [0.3, 0.4) is 0 Å². The number of fused-ring (bicyclic) bond motifs is 2. The Morgan fingerprint density at radius 3 is 2.68 bits per heavy atom. The van der Waals surface area contributed by atoms with Gasteiger partial charge >= 0.3 is 0 Å². The van der Waals surface area contributed by atoms with Gasteiger partial charge in [0.05, 0.1) is 22.9 Å². The molecule has 3 aromatic rings. The maximum Gasteiger partial charge on any atom is 0.251 e. The van der Waals surface area contributed by atoms with Crippen LogP contribution in [0.1, 0.15) is 31.4 Å². The molecular weight excluding hydrogens is 354 g/mol. The summed E-state index contributed by atoms with van der Waals surface area (Å²) in [6, 6.07) is 13.1. The number of benzene rings is 2. The molecule has 2 heterocycles. The van der Waals surface area contributed by atoms with E-state index in [1.165, 1.54) is 6.08 Å². The second-order valence-electron chi connectivity index (χ2n) is 7.09. The minimum absolute atomic E-state index is 0.246. The Bertz CT molecular complexity index is 1090. The third kappa shape index (κ3) is 3.17. The average Bonchev–Trinajstić information content (AvgIpc) is 3.31. The first-order valence-electron chi connectivity index (χ1n) is 9.42. The summed E-state index contributed by atoms with van der Waals surface area (Å²) >= 11 is 0. The number of carbonyl (C=O) groups is 1. The van der Waals surface area contributed by atoms with Crippen LogP contribution in [0, 0.1) is 0 Å². The van der Waals surface area contributed by atoms with Crippen molar-refractivity contribution in [3.05, 3.63) is 60.4 Å². The highest BCUT2D eigenvalue weighted by Gasteiger charge is 2.44. The average molecular weight is 373 g/mol. The molecule has 0 radical (unpaired) electrons. The van der Waals surface area contributed by atoms with Crippen molar-refractivity contribution in [3.8, 4) is 11.5 Å². The summed E-state index contributed by atoms with van der Waals surface area (Å²) in [5.41, 5.74) is 2.91. The highest BCUT2D eigenvalue weighted by atomic mass is 16.7. The fourth-order valence-electron chi connectivity index (χ4n) is 3.69. The normalized spacial score (nSPS) is 16.9. The van der Waals surface area contributed by atoms with Crippen LogP contribution in [-0.2, 0) is 4.79 Å². The van der Waals surface area contributed by atoms with Gasteiger partial charge in [-0.3, -0.25) is 9.78 Å². The third-order valence-electron chi connectivity index (χ3n) is 5.04. The van der Waals surface area contributed by atoms with Gasteiger partial charge in [-0.1, -0.05) is 12.1 Å². The maximum absolute atomic E-state index is 12.3. The molecule has 1 aliphatic carbocycles. The molecule has 6 nitrogen and oxygen atoms in total. The van der Waals surface area contributed by atoms with E-state index in [1.807, 2.05) is 42.5 Å². The van der Waals surface area contributed by atoms with Crippen molar-refractivity contribution in [2.24, 2.45) is 0 Å². The fourth-order valence-corrected chi connectivity index (χ4v) is 3.69. The fraction of sp³-hybridized carbons (Fsp3) is 0.227. The number of anilines is 1. The number of amides is 1. The largest absolute Gasteiger partial charge is 0.448 e. The molecule has 140 valence electrons. The second kappa shape index (κ2) is 6.64. The Kier molecular flexibility index (Phi) is 3.97. The number of rotatable bonds is 3. The molecule has 1 spiro atoms. The first-order chi connectivity index (χ1) is 13.7. The van der Waals surface area contributed by atoms with E-state index in [1.54, 1.807) is 12.3 Å². The summed E-state index contributed by atoms with van der Waals surface area (Å²) in [6.45, 7) is 0. The summed E-state index contributed by atoms with van der Waals surface area (Å²) in [5, 5.41) is 2.85. The number of aromatic nitrogens is 2. The number of para-hydroxylation sites is 2. The van der Waals surface area contributed by atoms with Gasteiger partial charge < -0.3 is 14.8 Å². The van der Waals surface area contributed by atoms with Gasteiger partial charge in [-0.2, -0.15) is 0 Å². The van der Waals surface area contributed by atoms with Crippen LogP contribution in [0.5, 0.6) is 11.5 Å². The molecule has 0 unspecified atom stereocenters. The van der Waals surface area contributed by atoms with E-state index in [4.69, 9.17) is 9.47 Å². The Morgan fingerprint density at radius 2 is 1.82 bits per heavy atom. The molecule has 28 heavy (non-hydrogen) atoms. The molecule has 0 bridgehead atoms. The van der Waals surface area contributed by atoms with Crippen molar-refractivity contribution < 1.29 is 14.3 Å². The van der Waals surface area contributed by atoms with Crippen LogP contribution < -0.4 is 14.8 Å². The second-order valence-corrected chi connectivity index (χ2v) is 7.09. The summed E-state index contributed by atoms with van der Waals surface area (Å²) in [4.78, 5) is 21.1. The smallest absolute Gasteiger partial charge is 0.251 e. The molecule has 2 aliphatic rings. The van der Waals surface area contributed by atoms with Gasteiger partial charge in [0.1, 0.15) is 0 Å². The molecule has 1 saturated carbocycles. The van der Waals surface area contributed by atoms with Crippen molar-refractivity contribution in [1.82, 2.24) is 9.97 Å². The van der Waals surface area contributed by atoms with Crippen LogP contribution in [0.15, 0.2) is 54.7 Å². The molecule has 2 aromatic carbocycles. The zero-order valence-corrected chi connectivity index (χ0v) is 15.2.